The Morgan fingerprint density at radius 2 is 2.28 bits per heavy atom. The van der Waals surface area contributed by atoms with Gasteiger partial charge in [0.15, 0.2) is 5.82 Å². The molecule has 0 spiro atoms. The molecule has 0 atom stereocenters. The fourth-order valence-electron chi connectivity index (χ4n) is 1.52. The summed E-state index contributed by atoms with van der Waals surface area (Å²) in [6.45, 7) is 2.01. The van der Waals surface area contributed by atoms with E-state index in [9.17, 15) is 4.79 Å². The highest BCUT2D eigenvalue weighted by molar-refractivity contribution is 5.91. The van der Waals surface area contributed by atoms with Crippen molar-refractivity contribution in [2.45, 2.75) is 13.5 Å². The van der Waals surface area contributed by atoms with Gasteiger partial charge in [-0.15, -0.1) is 10.2 Å². The Bertz CT molecular complexity index is 578. The Labute approximate surface area is 104 Å². The molecule has 18 heavy (non-hydrogen) atoms. The molecule has 2 aromatic rings. The topological polar surface area (TPSA) is 77.2 Å². The first kappa shape index (κ1) is 12.1. The van der Waals surface area contributed by atoms with Gasteiger partial charge in [-0.2, -0.15) is 0 Å². The number of hydrogen-bond donors (Lipinski definition) is 1. The summed E-state index contributed by atoms with van der Waals surface area (Å²) in [6, 6.07) is 5.03. The van der Waals surface area contributed by atoms with Crippen molar-refractivity contribution < 1.29 is 14.6 Å². The van der Waals surface area contributed by atoms with E-state index >= 15 is 0 Å². The number of hydrogen-bond acceptors (Lipinski definition) is 4. The maximum atomic E-state index is 11.1. The second-order valence-corrected chi connectivity index (χ2v) is 3.95. The third kappa shape index (κ3) is 2.48. The van der Waals surface area contributed by atoms with Crippen molar-refractivity contribution in [1.29, 1.82) is 0 Å². The van der Waals surface area contributed by atoms with Crippen molar-refractivity contribution >= 4 is 5.97 Å². The van der Waals surface area contributed by atoms with Crippen LogP contribution in [0.5, 0.6) is 5.75 Å². The standard InChI is InChI=1S/C12H13N3O3/c1-8-3-4-10(9(5-8)12(16)17)18-6-11-14-13-7-15(11)2/h3-5,7H,6H2,1-2H3,(H,16,17). The van der Waals surface area contributed by atoms with Crippen LogP contribution in [-0.2, 0) is 13.7 Å². The molecule has 1 N–H and O–H groups in total. The highest BCUT2D eigenvalue weighted by Gasteiger charge is 2.12. The first-order chi connectivity index (χ1) is 8.58. The van der Waals surface area contributed by atoms with Gasteiger partial charge >= 0.3 is 5.97 Å². The quantitative estimate of drug-likeness (QED) is 0.883. The van der Waals surface area contributed by atoms with Gasteiger partial charge in [0.1, 0.15) is 24.2 Å². The van der Waals surface area contributed by atoms with Crippen molar-refractivity contribution in [1.82, 2.24) is 14.8 Å². The lowest BCUT2D eigenvalue weighted by molar-refractivity contribution is 0.0691. The molecule has 6 heteroatoms. The molecule has 0 amide bonds. The van der Waals surface area contributed by atoms with Crippen molar-refractivity contribution in [3.05, 3.63) is 41.5 Å². The van der Waals surface area contributed by atoms with E-state index in [1.54, 1.807) is 36.1 Å². The van der Waals surface area contributed by atoms with Gasteiger partial charge in [0.2, 0.25) is 0 Å². The number of benzene rings is 1. The summed E-state index contributed by atoms with van der Waals surface area (Å²) in [6.07, 6.45) is 1.56. The number of nitrogens with zero attached hydrogens (tertiary/aromatic N) is 3. The van der Waals surface area contributed by atoms with Crippen LogP contribution >= 0.6 is 0 Å². The van der Waals surface area contributed by atoms with Crippen molar-refractivity contribution in [2.75, 3.05) is 0 Å². The monoisotopic (exact) mass is 247 g/mol. The smallest absolute Gasteiger partial charge is 0.339 e. The lowest BCUT2D eigenvalue weighted by Crippen LogP contribution is -2.07. The van der Waals surface area contributed by atoms with Gasteiger partial charge in [0, 0.05) is 7.05 Å². The summed E-state index contributed by atoms with van der Waals surface area (Å²) < 4.78 is 7.19. The second-order valence-electron chi connectivity index (χ2n) is 3.95. The molecule has 0 aliphatic carbocycles. The summed E-state index contributed by atoms with van der Waals surface area (Å²) in [5.41, 5.74) is 1.02. The molecule has 0 bridgehead atoms. The fourth-order valence-corrected chi connectivity index (χ4v) is 1.52. The van der Waals surface area contributed by atoms with Crippen molar-refractivity contribution in [3.63, 3.8) is 0 Å². The number of carboxylic acids is 1. The maximum Gasteiger partial charge on any atom is 0.339 e. The maximum absolute atomic E-state index is 11.1. The predicted molar refractivity (Wildman–Crippen MR) is 63.5 cm³/mol. The van der Waals surface area contributed by atoms with E-state index in [0.29, 0.717) is 11.6 Å². The highest BCUT2D eigenvalue weighted by Crippen LogP contribution is 2.20. The first-order valence-corrected chi connectivity index (χ1v) is 5.37. The molecule has 0 radical (unpaired) electrons. The number of aromatic nitrogens is 3. The Kier molecular flexibility index (Phi) is 3.27. The highest BCUT2D eigenvalue weighted by atomic mass is 16.5. The zero-order valence-electron chi connectivity index (χ0n) is 10.1. The molecule has 1 aromatic heterocycles. The minimum Gasteiger partial charge on any atom is -0.485 e. The van der Waals surface area contributed by atoms with E-state index in [0.717, 1.165) is 5.56 Å². The fraction of sp³-hybridized carbons (Fsp3) is 0.250. The van der Waals surface area contributed by atoms with Gasteiger partial charge in [-0.1, -0.05) is 11.6 Å². The molecular formula is C12H13N3O3. The van der Waals surface area contributed by atoms with Crippen LogP contribution in [0.3, 0.4) is 0 Å². The number of carbonyl (C=O) groups is 1. The van der Waals surface area contributed by atoms with Crippen LogP contribution < -0.4 is 4.74 Å². The molecule has 0 aliphatic rings. The number of carboxylic acid groups (broad SMARTS) is 1. The van der Waals surface area contributed by atoms with Crippen LogP contribution in [0.1, 0.15) is 21.7 Å². The molecule has 0 aliphatic heterocycles. The van der Waals surface area contributed by atoms with E-state index in [1.807, 2.05) is 6.92 Å². The summed E-state index contributed by atoms with van der Waals surface area (Å²) in [7, 11) is 1.80. The minimum atomic E-state index is -1.01. The van der Waals surface area contributed by atoms with Gasteiger partial charge < -0.3 is 14.4 Å². The SMILES string of the molecule is Cc1ccc(OCc2nncn2C)c(C(=O)O)c1. The lowest BCUT2D eigenvalue weighted by atomic mass is 10.1. The largest absolute Gasteiger partial charge is 0.485 e. The van der Waals surface area contributed by atoms with E-state index in [1.165, 1.54) is 0 Å². The van der Waals surface area contributed by atoms with Crippen molar-refractivity contribution in [3.8, 4) is 5.75 Å². The molecule has 0 fully saturated rings. The molecule has 0 saturated heterocycles. The third-order valence-corrected chi connectivity index (χ3v) is 2.53. The second kappa shape index (κ2) is 4.87. The summed E-state index contributed by atoms with van der Waals surface area (Å²) in [4.78, 5) is 11.1. The minimum absolute atomic E-state index is 0.150. The van der Waals surface area contributed by atoms with Crippen molar-refractivity contribution in [2.24, 2.45) is 7.05 Å². The van der Waals surface area contributed by atoms with Crippen LogP contribution in [0.25, 0.3) is 0 Å². The van der Waals surface area contributed by atoms with Crippen LogP contribution in [0.2, 0.25) is 0 Å². The Morgan fingerprint density at radius 1 is 1.50 bits per heavy atom. The van der Waals surface area contributed by atoms with Gasteiger partial charge in [0.05, 0.1) is 0 Å². The van der Waals surface area contributed by atoms with E-state index in [-0.39, 0.29) is 12.2 Å². The number of ether oxygens (including phenoxy) is 1. The average molecular weight is 247 g/mol. The van der Waals surface area contributed by atoms with E-state index in [4.69, 9.17) is 9.84 Å². The normalized spacial score (nSPS) is 10.3. The zero-order chi connectivity index (χ0) is 13.1. The third-order valence-electron chi connectivity index (χ3n) is 2.53. The van der Waals surface area contributed by atoms with Crippen LogP contribution in [0.4, 0.5) is 0 Å². The van der Waals surface area contributed by atoms with Gasteiger partial charge in [-0.25, -0.2) is 4.79 Å². The molecule has 0 saturated carbocycles. The summed E-state index contributed by atoms with van der Waals surface area (Å²) in [5, 5.41) is 16.7. The van der Waals surface area contributed by atoms with Gasteiger partial charge in [-0.05, 0) is 19.1 Å². The zero-order valence-corrected chi connectivity index (χ0v) is 10.1. The van der Waals surface area contributed by atoms with Crippen LogP contribution in [0.15, 0.2) is 24.5 Å². The predicted octanol–water partition coefficient (Wildman–Crippen LogP) is 1.40. The number of aryl methyl sites for hydroxylation is 2. The average Bonchev–Trinajstić information content (AvgIpc) is 2.73. The molecule has 2 rings (SSSR count). The van der Waals surface area contributed by atoms with E-state index < -0.39 is 5.97 Å². The molecule has 1 heterocycles. The van der Waals surface area contributed by atoms with Gasteiger partial charge in [-0.3, -0.25) is 0 Å². The Balaban J connectivity index is 2.19. The van der Waals surface area contributed by atoms with Crippen LogP contribution in [0, 0.1) is 6.92 Å². The summed E-state index contributed by atoms with van der Waals surface area (Å²) >= 11 is 0. The molecule has 6 nitrogen and oxygen atoms in total. The molecule has 1 aromatic carbocycles. The van der Waals surface area contributed by atoms with Gasteiger partial charge in [0.25, 0.3) is 0 Å². The van der Waals surface area contributed by atoms with E-state index in [2.05, 4.69) is 10.2 Å². The Hall–Kier alpha value is -2.37. The van der Waals surface area contributed by atoms with Crippen LogP contribution in [-0.4, -0.2) is 25.8 Å². The summed E-state index contributed by atoms with van der Waals surface area (Å²) in [5.74, 6) is -0.0466. The molecule has 0 unspecified atom stereocenters. The first-order valence-electron chi connectivity index (χ1n) is 5.37. The molecule has 94 valence electrons. The Morgan fingerprint density at radius 3 is 2.89 bits per heavy atom. The molecular weight excluding hydrogens is 234 g/mol. The lowest BCUT2D eigenvalue weighted by Gasteiger charge is -2.09. The number of rotatable bonds is 4. The number of aromatic carboxylic acids is 1.